The number of nitriles is 1. The maximum Gasteiger partial charge on any atom is 0.416 e. The van der Waals surface area contributed by atoms with E-state index in [1.807, 2.05) is 6.07 Å². The normalized spacial score (nSPS) is 18.3. The van der Waals surface area contributed by atoms with Gasteiger partial charge in [0.05, 0.1) is 22.7 Å². The molecule has 3 N–H and O–H groups in total. The Morgan fingerprint density at radius 1 is 1.25 bits per heavy atom. The molecule has 36 heavy (non-hydrogen) atoms. The minimum Gasteiger partial charge on any atom is -0.422 e. The zero-order valence-electron chi connectivity index (χ0n) is 19.6. The Labute approximate surface area is 209 Å². The average Bonchev–Trinajstić information content (AvgIpc) is 3.47. The van der Waals surface area contributed by atoms with Gasteiger partial charge in [-0.05, 0) is 47.4 Å². The molecule has 1 aliphatic heterocycles. The Morgan fingerprint density at radius 2 is 1.94 bits per heavy atom. The quantitative estimate of drug-likeness (QED) is 0.496. The van der Waals surface area contributed by atoms with Gasteiger partial charge in [0.15, 0.2) is 0 Å². The molecule has 0 aliphatic carbocycles. The Morgan fingerprint density at radius 3 is 2.53 bits per heavy atom. The molecule has 3 aromatic rings. The maximum absolute atomic E-state index is 14.1. The van der Waals surface area contributed by atoms with E-state index in [4.69, 9.17) is 10.5 Å². The molecule has 1 atom stereocenters. The fourth-order valence-electron chi connectivity index (χ4n) is 4.45. The second-order valence-corrected chi connectivity index (χ2v) is 12.2. The number of thiophene rings is 1. The third-order valence-electron chi connectivity index (χ3n) is 6.18. The van der Waals surface area contributed by atoms with Gasteiger partial charge >= 0.3 is 6.18 Å². The van der Waals surface area contributed by atoms with Crippen LogP contribution in [-0.4, -0.2) is 37.0 Å². The molecule has 0 radical (unpaired) electrons. The summed E-state index contributed by atoms with van der Waals surface area (Å²) < 4.78 is 74.0. The van der Waals surface area contributed by atoms with Crippen molar-refractivity contribution in [3.05, 3.63) is 64.7 Å². The van der Waals surface area contributed by atoms with Crippen LogP contribution in [0, 0.1) is 17.2 Å². The van der Waals surface area contributed by atoms with Crippen LogP contribution in [0.25, 0.3) is 10.4 Å². The van der Waals surface area contributed by atoms with Crippen molar-refractivity contribution in [3.63, 3.8) is 0 Å². The van der Waals surface area contributed by atoms with Gasteiger partial charge in [-0.3, -0.25) is 0 Å². The summed E-state index contributed by atoms with van der Waals surface area (Å²) in [5, 5.41) is 16.7. The van der Waals surface area contributed by atoms with Gasteiger partial charge in [0.2, 0.25) is 11.8 Å². The number of rotatable bonds is 5. The van der Waals surface area contributed by atoms with Crippen molar-refractivity contribution in [2.75, 3.05) is 14.1 Å². The van der Waals surface area contributed by atoms with E-state index in [-0.39, 0.29) is 32.7 Å². The Balaban J connectivity index is 2.05. The summed E-state index contributed by atoms with van der Waals surface area (Å²) in [5.41, 5.74) is 4.33. The molecule has 13 heteroatoms. The fourth-order valence-corrected chi connectivity index (χ4v) is 6.92. The second-order valence-electron chi connectivity index (χ2n) is 8.73. The number of nitrogens with one attached hydrogen (secondary N) is 1. The van der Waals surface area contributed by atoms with Crippen molar-refractivity contribution in [2.24, 2.45) is 11.7 Å². The molecule has 0 spiro atoms. The van der Waals surface area contributed by atoms with E-state index in [1.54, 1.807) is 13.8 Å². The summed E-state index contributed by atoms with van der Waals surface area (Å²) in [6, 6.07) is 8.33. The molecule has 1 unspecified atom stereocenters. The highest BCUT2D eigenvalue weighted by Crippen LogP contribution is 2.52. The van der Waals surface area contributed by atoms with Gasteiger partial charge in [-0.25, -0.2) is 17.8 Å². The zero-order valence-corrected chi connectivity index (χ0v) is 21.3. The molecule has 190 valence electrons. The molecule has 3 heterocycles. The van der Waals surface area contributed by atoms with Crippen LogP contribution >= 0.6 is 11.3 Å². The first kappa shape index (κ1) is 25.7. The summed E-state index contributed by atoms with van der Waals surface area (Å²) in [5.74, 6) is -0.553. The molecule has 0 amide bonds. The first-order valence-electron chi connectivity index (χ1n) is 10.6. The maximum atomic E-state index is 14.1. The number of sulfonamides is 1. The van der Waals surface area contributed by atoms with Gasteiger partial charge in [-0.15, -0.1) is 11.3 Å². The van der Waals surface area contributed by atoms with Crippen molar-refractivity contribution in [2.45, 2.75) is 29.6 Å². The fraction of sp³-hybridized carbons (Fsp3) is 0.304. The molecule has 1 aromatic carbocycles. The number of hydrogen-bond acceptors (Lipinski definition) is 7. The number of hydrogen-bond donors (Lipinski definition) is 2. The topological polar surface area (TPSA) is 125 Å². The number of benzene rings is 1. The van der Waals surface area contributed by atoms with Crippen molar-refractivity contribution in [1.82, 2.24) is 14.5 Å². The Bertz CT molecular complexity index is 1510. The summed E-state index contributed by atoms with van der Waals surface area (Å²) >= 11 is 0.856. The van der Waals surface area contributed by atoms with E-state index in [0.29, 0.717) is 10.4 Å². The number of alkyl halides is 3. The third-order valence-corrected chi connectivity index (χ3v) is 9.59. The number of allylic oxidation sites excluding steroid dienone is 1. The summed E-state index contributed by atoms with van der Waals surface area (Å²) in [6.45, 7) is 3.53. The van der Waals surface area contributed by atoms with Crippen molar-refractivity contribution in [1.29, 1.82) is 5.26 Å². The van der Waals surface area contributed by atoms with Crippen molar-refractivity contribution < 1.29 is 26.3 Å². The standard InChI is InChI=1S/C23H22F3N5O3S2/c1-12(2)22(16(10-27)20(28)34-21-17(22)11-29-30-21)14-7-13(8-15(9-14)23(24,25)26)18-5-6-19(35-18)36(32,33)31(3)4/h5-9,11-12H,28H2,1-4H3,(H,29,30). The van der Waals surface area contributed by atoms with Crippen LogP contribution in [-0.2, 0) is 21.6 Å². The molecule has 4 rings (SSSR count). The number of nitrogens with zero attached hydrogens (tertiary/aromatic N) is 3. The van der Waals surface area contributed by atoms with Gasteiger partial charge in [-0.1, -0.05) is 13.8 Å². The van der Waals surface area contributed by atoms with Gasteiger partial charge in [0.25, 0.3) is 10.0 Å². The molecular formula is C23H22F3N5O3S2. The van der Waals surface area contributed by atoms with Crippen molar-refractivity contribution in [3.8, 4) is 22.4 Å². The van der Waals surface area contributed by atoms with E-state index in [1.165, 1.54) is 38.5 Å². The van der Waals surface area contributed by atoms with E-state index in [9.17, 15) is 26.9 Å². The molecular weight excluding hydrogens is 515 g/mol. The van der Waals surface area contributed by atoms with Crippen LogP contribution in [0.2, 0.25) is 0 Å². The lowest BCUT2D eigenvalue weighted by atomic mass is 9.62. The van der Waals surface area contributed by atoms with Crippen LogP contribution in [0.5, 0.6) is 5.88 Å². The van der Waals surface area contributed by atoms with Crippen LogP contribution in [0.1, 0.15) is 30.5 Å². The third kappa shape index (κ3) is 3.85. The molecule has 2 aromatic heterocycles. The van der Waals surface area contributed by atoms with Gasteiger partial charge < -0.3 is 10.5 Å². The predicted octanol–water partition coefficient (Wildman–Crippen LogP) is 4.44. The Kier molecular flexibility index (Phi) is 6.19. The number of H-pyrrole nitrogens is 1. The number of nitrogens with two attached hydrogens (primary N) is 1. The highest BCUT2D eigenvalue weighted by Gasteiger charge is 2.50. The molecule has 0 fully saturated rings. The molecule has 0 bridgehead atoms. The highest BCUT2D eigenvalue weighted by molar-refractivity contribution is 7.91. The highest BCUT2D eigenvalue weighted by atomic mass is 32.2. The monoisotopic (exact) mass is 537 g/mol. The Hall–Kier alpha value is -3.34. The van der Waals surface area contributed by atoms with E-state index < -0.39 is 33.1 Å². The SMILES string of the molecule is CC(C)C1(c2cc(-c3ccc(S(=O)(=O)N(C)C)s3)cc(C(F)(F)F)c2)C(C#N)=C(N)Oc2[nH]ncc21. The molecule has 0 saturated heterocycles. The van der Waals surface area contributed by atoms with E-state index >= 15 is 0 Å². The van der Waals surface area contributed by atoms with E-state index in [0.717, 1.165) is 27.8 Å². The zero-order chi connectivity index (χ0) is 26.6. The van der Waals surface area contributed by atoms with Crippen LogP contribution in [0.4, 0.5) is 13.2 Å². The van der Waals surface area contributed by atoms with Crippen LogP contribution < -0.4 is 10.5 Å². The summed E-state index contributed by atoms with van der Waals surface area (Å²) in [6.07, 6.45) is -3.31. The minimum absolute atomic E-state index is 0.00919. The lowest BCUT2D eigenvalue weighted by molar-refractivity contribution is -0.137. The summed E-state index contributed by atoms with van der Waals surface area (Å²) in [7, 11) is -1.03. The van der Waals surface area contributed by atoms with Crippen LogP contribution in [0.15, 0.2) is 52.2 Å². The molecule has 0 saturated carbocycles. The molecule has 8 nitrogen and oxygen atoms in total. The first-order chi connectivity index (χ1) is 16.7. The van der Waals surface area contributed by atoms with E-state index in [2.05, 4.69) is 10.2 Å². The number of halogens is 3. The summed E-state index contributed by atoms with van der Waals surface area (Å²) in [4.78, 5) is 0.316. The number of aromatic nitrogens is 2. The number of ether oxygens (including phenoxy) is 1. The van der Waals surface area contributed by atoms with Gasteiger partial charge in [0.1, 0.15) is 15.9 Å². The number of aromatic amines is 1. The molecule has 1 aliphatic rings. The average molecular weight is 538 g/mol. The van der Waals surface area contributed by atoms with Crippen molar-refractivity contribution >= 4 is 21.4 Å². The lowest BCUT2D eigenvalue weighted by Gasteiger charge is -2.40. The van der Waals surface area contributed by atoms with Crippen LogP contribution in [0.3, 0.4) is 0 Å². The van der Waals surface area contributed by atoms with Gasteiger partial charge in [0, 0.05) is 19.0 Å². The predicted molar refractivity (Wildman–Crippen MR) is 127 cm³/mol. The first-order valence-corrected chi connectivity index (χ1v) is 12.9. The van der Waals surface area contributed by atoms with Gasteiger partial charge in [-0.2, -0.15) is 23.5 Å². The second kappa shape index (κ2) is 8.65. The smallest absolute Gasteiger partial charge is 0.416 e. The lowest BCUT2D eigenvalue weighted by Crippen LogP contribution is -2.41. The minimum atomic E-state index is -4.72. The largest absolute Gasteiger partial charge is 0.422 e. The number of fused-ring (bicyclic) bond motifs is 1.